The lowest BCUT2D eigenvalue weighted by Gasteiger charge is -2.38. The van der Waals surface area contributed by atoms with E-state index < -0.39 is 21.7 Å². The summed E-state index contributed by atoms with van der Waals surface area (Å²) in [5.41, 5.74) is 1.54. The topological polar surface area (TPSA) is 86.8 Å². The van der Waals surface area contributed by atoms with Gasteiger partial charge in [-0.15, -0.1) is 0 Å². The van der Waals surface area contributed by atoms with Gasteiger partial charge in [0.25, 0.3) is 5.91 Å². The molecule has 0 unspecified atom stereocenters. The molecule has 1 aliphatic heterocycles. The lowest BCUT2D eigenvalue weighted by molar-refractivity contribution is -0.133. The van der Waals surface area contributed by atoms with Crippen LogP contribution in [0.3, 0.4) is 0 Å². The second-order valence-corrected chi connectivity index (χ2v) is 10.4. The van der Waals surface area contributed by atoms with E-state index >= 15 is 0 Å². The number of hydrogen-bond donors (Lipinski definition) is 1. The van der Waals surface area contributed by atoms with Crippen molar-refractivity contribution in [2.75, 3.05) is 37.3 Å². The summed E-state index contributed by atoms with van der Waals surface area (Å²) >= 11 is 0. The van der Waals surface area contributed by atoms with Gasteiger partial charge in [0.15, 0.2) is 9.84 Å². The van der Waals surface area contributed by atoms with E-state index in [-0.39, 0.29) is 16.7 Å². The van der Waals surface area contributed by atoms with Crippen LogP contribution in [0, 0.1) is 5.82 Å². The number of nitrogens with one attached hydrogen (secondary N) is 1. The fraction of sp³-hybridized carbons (Fsp3) is 0.231. The Labute approximate surface area is 204 Å². The third-order valence-electron chi connectivity index (χ3n) is 5.94. The molecule has 35 heavy (non-hydrogen) atoms. The average Bonchev–Trinajstić information content (AvgIpc) is 2.87. The number of benzene rings is 3. The summed E-state index contributed by atoms with van der Waals surface area (Å²) in [6.45, 7) is 1.38. The number of piperazine rings is 1. The van der Waals surface area contributed by atoms with Gasteiger partial charge in [0.05, 0.1) is 10.6 Å². The Kier molecular flexibility index (Phi) is 7.16. The number of carbonyl (C=O) groups is 2. The number of anilines is 1. The van der Waals surface area contributed by atoms with Gasteiger partial charge in [-0.25, -0.2) is 12.8 Å². The van der Waals surface area contributed by atoms with Crippen molar-refractivity contribution >= 4 is 27.3 Å². The normalized spacial score (nSPS) is 14.9. The van der Waals surface area contributed by atoms with Gasteiger partial charge in [0.1, 0.15) is 11.9 Å². The van der Waals surface area contributed by atoms with Crippen LogP contribution < -0.4 is 10.2 Å². The van der Waals surface area contributed by atoms with Crippen LogP contribution in [0.2, 0.25) is 0 Å². The highest BCUT2D eigenvalue weighted by Crippen LogP contribution is 2.28. The van der Waals surface area contributed by atoms with Crippen LogP contribution in [0.1, 0.15) is 22.0 Å². The smallest absolute Gasteiger partial charge is 0.252 e. The molecule has 1 heterocycles. The molecule has 1 atom stereocenters. The molecule has 2 amide bonds. The predicted octanol–water partition coefficient (Wildman–Crippen LogP) is 3.05. The van der Waals surface area contributed by atoms with Gasteiger partial charge < -0.3 is 15.1 Å². The molecule has 1 fully saturated rings. The minimum atomic E-state index is -3.63. The maximum Gasteiger partial charge on any atom is 0.252 e. The van der Waals surface area contributed by atoms with Crippen molar-refractivity contribution in [2.24, 2.45) is 0 Å². The van der Waals surface area contributed by atoms with Gasteiger partial charge in [0.2, 0.25) is 5.91 Å². The van der Waals surface area contributed by atoms with E-state index in [1.807, 2.05) is 29.2 Å². The van der Waals surface area contributed by atoms with Gasteiger partial charge in [-0.05, 0) is 35.9 Å². The molecule has 4 rings (SSSR count). The fourth-order valence-corrected chi connectivity index (χ4v) is 5.04. The Morgan fingerprint density at radius 1 is 0.886 bits per heavy atom. The van der Waals surface area contributed by atoms with E-state index in [1.165, 1.54) is 12.1 Å². The quantitative estimate of drug-likeness (QED) is 0.568. The zero-order valence-corrected chi connectivity index (χ0v) is 20.0. The molecule has 3 aromatic carbocycles. The highest BCUT2D eigenvalue weighted by molar-refractivity contribution is 7.90. The molecular formula is C26H26FN3O4S. The van der Waals surface area contributed by atoms with Gasteiger partial charge in [-0.3, -0.25) is 9.59 Å². The van der Waals surface area contributed by atoms with Crippen LogP contribution >= 0.6 is 0 Å². The molecule has 0 radical (unpaired) electrons. The Morgan fingerprint density at radius 3 is 2.09 bits per heavy atom. The Balaban J connectivity index is 1.52. The first-order valence-electron chi connectivity index (χ1n) is 11.2. The number of sulfone groups is 1. The van der Waals surface area contributed by atoms with Gasteiger partial charge in [-0.2, -0.15) is 0 Å². The molecular weight excluding hydrogens is 469 g/mol. The van der Waals surface area contributed by atoms with Crippen molar-refractivity contribution in [1.29, 1.82) is 0 Å². The van der Waals surface area contributed by atoms with Crippen LogP contribution in [0.25, 0.3) is 0 Å². The van der Waals surface area contributed by atoms with Crippen molar-refractivity contribution in [2.45, 2.75) is 10.9 Å². The second-order valence-electron chi connectivity index (χ2n) is 8.38. The number of nitrogens with zero attached hydrogens (tertiary/aromatic N) is 2. The first-order chi connectivity index (χ1) is 16.7. The first-order valence-corrected chi connectivity index (χ1v) is 13.1. The van der Waals surface area contributed by atoms with Crippen molar-refractivity contribution < 1.29 is 22.4 Å². The summed E-state index contributed by atoms with van der Waals surface area (Å²) in [7, 11) is -3.63. The predicted molar refractivity (Wildman–Crippen MR) is 131 cm³/mol. The minimum Gasteiger partial charge on any atom is -0.367 e. The molecule has 0 bridgehead atoms. The molecule has 0 saturated carbocycles. The number of hydrogen-bond acceptors (Lipinski definition) is 5. The summed E-state index contributed by atoms with van der Waals surface area (Å²) in [6.07, 6.45) is 1.05. The SMILES string of the molecule is CS(=O)(=O)c1cc(F)ccc1N1CCN(C(=O)[C@H](NC(=O)c2ccccc2)c2ccccc2)CC1. The number of rotatable bonds is 6. The van der Waals surface area contributed by atoms with Crippen LogP contribution in [0.5, 0.6) is 0 Å². The highest BCUT2D eigenvalue weighted by atomic mass is 32.2. The standard InChI is InChI=1S/C26H26FN3O4S/c1-35(33,34)23-18-21(27)12-13-22(23)29-14-16-30(17-15-29)26(32)24(19-8-4-2-5-9-19)28-25(31)20-10-6-3-7-11-20/h2-13,18,24H,14-17H2,1H3,(H,28,31)/t24-/m1/s1. The maximum absolute atomic E-state index is 13.7. The summed E-state index contributed by atoms with van der Waals surface area (Å²) in [4.78, 5) is 29.8. The van der Waals surface area contributed by atoms with Crippen molar-refractivity contribution in [3.63, 3.8) is 0 Å². The molecule has 0 spiro atoms. The van der Waals surface area contributed by atoms with Crippen LogP contribution in [-0.4, -0.2) is 57.6 Å². The lowest BCUT2D eigenvalue weighted by Crippen LogP contribution is -2.52. The summed E-state index contributed by atoms with van der Waals surface area (Å²) in [5, 5.41) is 2.86. The molecule has 9 heteroatoms. The van der Waals surface area contributed by atoms with Crippen molar-refractivity contribution in [3.8, 4) is 0 Å². The summed E-state index contributed by atoms with van der Waals surface area (Å²) in [5.74, 6) is -1.22. The first kappa shape index (κ1) is 24.4. The fourth-order valence-electron chi connectivity index (χ4n) is 4.13. The molecule has 182 valence electrons. The third-order valence-corrected chi connectivity index (χ3v) is 7.07. The second kappa shape index (κ2) is 10.3. The highest BCUT2D eigenvalue weighted by Gasteiger charge is 2.31. The molecule has 7 nitrogen and oxygen atoms in total. The lowest BCUT2D eigenvalue weighted by atomic mass is 10.0. The number of halogens is 1. The zero-order valence-electron chi connectivity index (χ0n) is 19.2. The molecule has 1 saturated heterocycles. The monoisotopic (exact) mass is 495 g/mol. The maximum atomic E-state index is 13.7. The largest absolute Gasteiger partial charge is 0.367 e. The van der Waals surface area contributed by atoms with Crippen molar-refractivity contribution in [3.05, 3.63) is 95.8 Å². The minimum absolute atomic E-state index is 0.0745. The number of amides is 2. The average molecular weight is 496 g/mol. The Hall–Kier alpha value is -3.72. The zero-order chi connectivity index (χ0) is 25.0. The van der Waals surface area contributed by atoms with E-state index in [4.69, 9.17) is 0 Å². The van der Waals surface area contributed by atoms with Crippen LogP contribution in [0.4, 0.5) is 10.1 Å². The Morgan fingerprint density at radius 2 is 1.49 bits per heavy atom. The summed E-state index contributed by atoms with van der Waals surface area (Å²) < 4.78 is 38.1. The van der Waals surface area contributed by atoms with Crippen LogP contribution in [-0.2, 0) is 14.6 Å². The van der Waals surface area contributed by atoms with E-state index in [9.17, 15) is 22.4 Å². The summed E-state index contributed by atoms with van der Waals surface area (Å²) in [6, 6.07) is 20.6. The number of carbonyl (C=O) groups excluding carboxylic acids is 2. The molecule has 1 N–H and O–H groups in total. The molecule has 1 aliphatic rings. The molecule has 3 aromatic rings. The van der Waals surface area contributed by atoms with Crippen molar-refractivity contribution in [1.82, 2.24) is 10.2 Å². The molecule has 0 aliphatic carbocycles. The molecule has 0 aromatic heterocycles. The van der Waals surface area contributed by atoms with Gasteiger partial charge in [0, 0.05) is 38.0 Å². The van der Waals surface area contributed by atoms with E-state index in [0.717, 1.165) is 12.3 Å². The van der Waals surface area contributed by atoms with Crippen LogP contribution in [0.15, 0.2) is 83.8 Å². The Bertz CT molecular complexity index is 1310. The third kappa shape index (κ3) is 5.68. The van der Waals surface area contributed by atoms with E-state index in [2.05, 4.69) is 5.32 Å². The van der Waals surface area contributed by atoms with Gasteiger partial charge >= 0.3 is 0 Å². The van der Waals surface area contributed by atoms with Gasteiger partial charge in [-0.1, -0.05) is 48.5 Å². The van der Waals surface area contributed by atoms with E-state index in [1.54, 1.807) is 41.3 Å². The van der Waals surface area contributed by atoms with E-state index in [0.29, 0.717) is 43.0 Å².